The van der Waals surface area contributed by atoms with E-state index in [0.717, 1.165) is 0 Å². The Morgan fingerprint density at radius 3 is 2.04 bits per heavy atom. The van der Waals surface area contributed by atoms with Gasteiger partial charge in [0.05, 0.1) is 25.7 Å². The lowest BCUT2D eigenvalue weighted by Gasteiger charge is -2.09. The maximum Gasteiger partial charge on any atom is 0.417 e. The van der Waals surface area contributed by atoms with Gasteiger partial charge in [0.15, 0.2) is 11.6 Å². The largest absolute Gasteiger partial charge is 0.450 e. The van der Waals surface area contributed by atoms with Gasteiger partial charge in [0.1, 0.15) is 6.10 Å². The van der Waals surface area contributed by atoms with E-state index < -0.39 is 24.4 Å². The molecule has 0 saturated carbocycles. The fourth-order valence-electron chi connectivity index (χ4n) is 2.05. The Kier molecular flexibility index (Phi) is 9.27. The van der Waals surface area contributed by atoms with Crippen molar-refractivity contribution >= 4 is 29.8 Å². The standard InChI is InChI=1S/C9H11NO5.C8H11NO3/c1-2-14-8(12)10-9(13)15-7-4-3-6(11)5-7;1-2-12-8(11)9-6-3-4-7(10)5-6/h3-4,7H,2,5H2,1H3,(H,10,12,13);3-4,6H,2,5H2,1H3,(H,9,11). The minimum absolute atomic E-state index is 0.0387. The number of carbonyl (C=O) groups is 5. The number of ketones is 2. The van der Waals surface area contributed by atoms with Gasteiger partial charge in [-0.1, -0.05) is 6.08 Å². The molecule has 27 heavy (non-hydrogen) atoms. The number of hydrogen-bond acceptors (Lipinski definition) is 8. The summed E-state index contributed by atoms with van der Waals surface area (Å²) in [5.74, 6) is -0.0688. The van der Waals surface area contributed by atoms with Crippen molar-refractivity contribution in [2.75, 3.05) is 13.2 Å². The highest BCUT2D eigenvalue weighted by Gasteiger charge is 2.21. The Morgan fingerprint density at radius 1 is 0.926 bits per heavy atom. The first-order chi connectivity index (χ1) is 12.8. The van der Waals surface area contributed by atoms with Crippen molar-refractivity contribution in [3.63, 3.8) is 0 Å². The van der Waals surface area contributed by atoms with E-state index in [2.05, 4.69) is 14.8 Å². The first kappa shape index (κ1) is 21.9. The van der Waals surface area contributed by atoms with Crippen LogP contribution in [-0.2, 0) is 23.8 Å². The molecule has 2 unspecified atom stereocenters. The molecule has 0 saturated heterocycles. The number of hydrogen-bond donors (Lipinski definition) is 2. The van der Waals surface area contributed by atoms with Crippen LogP contribution in [0.15, 0.2) is 24.3 Å². The van der Waals surface area contributed by atoms with E-state index in [1.165, 1.54) is 18.2 Å². The Balaban J connectivity index is 0.000000277. The SMILES string of the molecule is CCOC(=O)NC(=O)OC1C=CC(=O)C1.CCOC(=O)NC1C=CC(=O)C1. The van der Waals surface area contributed by atoms with E-state index in [-0.39, 0.29) is 30.6 Å². The van der Waals surface area contributed by atoms with Crippen LogP contribution in [0, 0.1) is 0 Å². The number of allylic oxidation sites excluding steroid dienone is 2. The summed E-state index contributed by atoms with van der Waals surface area (Å²) in [6, 6.07) is -0.184. The predicted molar refractivity (Wildman–Crippen MR) is 91.9 cm³/mol. The van der Waals surface area contributed by atoms with Crippen LogP contribution in [-0.4, -0.2) is 55.2 Å². The summed E-state index contributed by atoms with van der Waals surface area (Å²) >= 11 is 0. The molecule has 0 aromatic heterocycles. The topological polar surface area (TPSA) is 137 Å². The van der Waals surface area contributed by atoms with Crippen molar-refractivity contribution in [1.29, 1.82) is 0 Å². The lowest BCUT2D eigenvalue weighted by molar-refractivity contribution is -0.115. The fourth-order valence-corrected chi connectivity index (χ4v) is 2.05. The quantitative estimate of drug-likeness (QED) is 0.696. The molecular formula is C17H22N2O8. The molecule has 0 spiro atoms. The summed E-state index contributed by atoms with van der Waals surface area (Å²) in [6.45, 7) is 3.86. The summed E-state index contributed by atoms with van der Waals surface area (Å²) in [6.07, 6.45) is 3.56. The van der Waals surface area contributed by atoms with Gasteiger partial charge in [0.2, 0.25) is 0 Å². The van der Waals surface area contributed by atoms with Crippen LogP contribution in [0.4, 0.5) is 14.4 Å². The van der Waals surface area contributed by atoms with E-state index in [9.17, 15) is 24.0 Å². The third-order valence-electron chi connectivity index (χ3n) is 3.15. The summed E-state index contributed by atoms with van der Waals surface area (Å²) in [5.41, 5.74) is 0. The van der Waals surface area contributed by atoms with E-state index in [0.29, 0.717) is 13.0 Å². The number of nitrogens with one attached hydrogen (secondary N) is 2. The molecule has 0 aliphatic heterocycles. The molecule has 0 aromatic rings. The van der Waals surface area contributed by atoms with Crippen LogP contribution >= 0.6 is 0 Å². The van der Waals surface area contributed by atoms with Gasteiger partial charge in [0, 0.05) is 6.42 Å². The van der Waals surface area contributed by atoms with Crippen LogP contribution < -0.4 is 10.6 Å². The Bertz CT molecular complexity index is 641. The smallest absolute Gasteiger partial charge is 0.417 e. The van der Waals surface area contributed by atoms with Crippen LogP contribution in [0.5, 0.6) is 0 Å². The normalized spacial score (nSPS) is 19.8. The first-order valence-corrected chi connectivity index (χ1v) is 8.33. The van der Waals surface area contributed by atoms with E-state index in [1.54, 1.807) is 19.9 Å². The van der Waals surface area contributed by atoms with Gasteiger partial charge in [-0.05, 0) is 32.1 Å². The van der Waals surface area contributed by atoms with Gasteiger partial charge in [0.25, 0.3) is 0 Å². The molecule has 10 heteroatoms. The fraction of sp³-hybridized carbons (Fsp3) is 0.471. The van der Waals surface area contributed by atoms with Crippen molar-refractivity contribution in [3.05, 3.63) is 24.3 Å². The predicted octanol–water partition coefficient (Wildman–Crippen LogP) is 1.40. The lowest BCUT2D eigenvalue weighted by Crippen LogP contribution is -2.33. The highest BCUT2D eigenvalue weighted by atomic mass is 16.6. The van der Waals surface area contributed by atoms with Crippen molar-refractivity contribution in [2.45, 2.75) is 38.8 Å². The number of imide groups is 1. The molecule has 2 atom stereocenters. The second kappa shape index (κ2) is 11.4. The highest BCUT2D eigenvalue weighted by Crippen LogP contribution is 2.09. The van der Waals surface area contributed by atoms with Gasteiger partial charge in [-0.3, -0.25) is 9.59 Å². The van der Waals surface area contributed by atoms with Crippen LogP contribution in [0.3, 0.4) is 0 Å². The summed E-state index contributed by atoms with van der Waals surface area (Å²) in [4.78, 5) is 54.1. The number of carbonyl (C=O) groups excluding carboxylic acids is 5. The first-order valence-electron chi connectivity index (χ1n) is 8.33. The van der Waals surface area contributed by atoms with E-state index >= 15 is 0 Å². The monoisotopic (exact) mass is 382 g/mol. The van der Waals surface area contributed by atoms with E-state index in [4.69, 9.17) is 4.74 Å². The van der Waals surface area contributed by atoms with Crippen LogP contribution in [0.2, 0.25) is 0 Å². The average Bonchev–Trinajstić information content (AvgIpc) is 3.16. The Labute approximate surface area is 155 Å². The highest BCUT2D eigenvalue weighted by molar-refractivity contribution is 5.94. The van der Waals surface area contributed by atoms with Crippen molar-refractivity contribution in [3.8, 4) is 0 Å². The summed E-state index contributed by atoms with van der Waals surface area (Å²) in [5, 5.41) is 4.40. The van der Waals surface area contributed by atoms with Crippen LogP contribution in [0.1, 0.15) is 26.7 Å². The van der Waals surface area contributed by atoms with Crippen molar-refractivity contribution in [2.24, 2.45) is 0 Å². The second-order valence-corrected chi connectivity index (χ2v) is 5.32. The van der Waals surface area contributed by atoms with Gasteiger partial charge in [-0.25, -0.2) is 19.7 Å². The molecule has 2 aliphatic carbocycles. The second-order valence-electron chi connectivity index (χ2n) is 5.32. The zero-order chi connectivity index (χ0) is 20.2. The molecule has 0 fully saturated rings. The molecule has 0 heterocycles. The molecule has 148 valence electrons. The third-order valence-corrected chi connectivity index (χ3v) is 3.15. The molecule has 0 aromatic carbocycles. The average molecular weight is 382 g/mol. The Hall–Kier alpha value is -3.17. The minimum Gasteiger partial charge on any atom is -0.450 e. The molecular weight excluding hydrogens is 360 g/mol. The number of ether oxygens (including phenoxy) is 3. The van der Waals surface area contributed by atoms with Gasteiger partial charge in [-0.2, -0.15) is 0 Å². The third kappa shape index (κ3) is 9.19. The number of alkyl carbamates (subject to hydrolysis) is 3. The number of rotatable bonds is 4. The van der Waals surface area contributed by atoms with Gasteiger partial charge >= 0.3 is 18.3 Å². The number of amides is 3. The molecule has 3 amide bonds. The minimum atomic E-state index is -0.919. The summed E-state index contributed by atoms with van der Waals surface area (Å²) in [7, 11) is 0. The zero-order valence-electron chi connectivity index (χ0n) is 15.1. The molecule has 0 radical (unpaired) electrons. The molecule has 0 bridgehead atoms. The lowest BCUT2D eigenvalue weighted by atomic mass is 10.2. The molecule has 10 nitrogen and oxygen atoms in total. The zero-order valence-corrected chi connectivity index (χ0v) is 15.1. The van der Waals surface area contributed by atoms with Gasteiger partial charge < -0.3 is 19.5 Å². The maximum atomic E-state index is 11.0. The summed E-state index contributed by atoms with van der Waals surface area (Å²) < 4.78 is 13.8. The molecule has 2 N–H and O–H groups in total. The van der Waals surface area contributed by atoms with Crippen LogP contribution in [0.25, 0.3) is 0 Å². The maximum absolute atomic E-state index is 11.0. The van der Waals surface area contributed by atoms with Crippen molar-refractivity contribution in [1.82, 2.24) is 10.6 Å². The molecule has 2 aliphatic rings. The van der Waals surface area contributed by atoms with Gasteiger partial charge in [-0.15, -0.1) is 0 Å². The van der Waals surface area contributed by atoms with E-state index in [1.807, 2.05) is 5.32 Å². The molecule has 2 rings (SSSR count). The Morgan fingerprint density at radius 2 is 1.52 bits per heavy atom. The van der Waals surface area contributed by atoms with Crippen molar-refractivity contribution < 1.29 is 38.2 Å².